The van der Waals surface area contributed by atoms with E-state index < -0.39 is 0 Å². The second kappa shape index (κ2) is 5.94. The first-order valence-corrected chi connectivity index (χ1v) is 7.70. The minimum absolute atomic E-state index is 0.181. The van der Waals surface area contributed by atoms with Gasteiger partial charge in [0.2, 0.25) is 0 Å². The number of nitrogens with zero attached hydrogens (tertiary/aromatic N) is 1. The number of hydrogen-bond donors (Lipinski definition) is 1. The number of pyridine rings is 1. The molecule has 1 fully saturated rings. The van der Waals surface area contributed by atoms with E-state index in [9.17, 15) is 0 Å². The highest BCUT2D eigenvalue weighted by Crippen LogP contribution is 2.28. The molecule has 1 atom stereocenters. The zero-order chi connectivity index (χ0) is 13.9. The third kappa shape index (κ3) is 3.95. The molecular formula is C17H28N2. The summed E-state index contributed by atoms with van der Waals surface area (Å²) in [6.07, 6.45) is 8.96. The third-order valence-electron chi connectivity index (χ3n) is 4.36. The van der Waals surface area contributed by atoms with Crippen LogP contribution in [0.3, 0.4) is 0 Å². The molecule has 1 aromatic heterocycles. The molecule has 1 aliphatic carbocycles. The van der Waals surface area contributed by atoms with Crippen molar-refractivity contribution in [3.63, 3.8) is 0 Å². The van der Waals surface area contributed by atoms with Crippen molar-refractivity contribution in [2.45, 2.75) is 71.3 Å². The molecule has 19 heavy (non-hydrogen) atoms. The number of rotatable bonds is 3. The van der Waals surface area contributed by atoms with Crippen molar-refractivity contribution in [3.05, 3.63) is 23.9 Å². The second-order valence-electron chi connectivity index (χ2n) is 7.01. The second-order valence-corrected chi connectivity index (χ2v) is 7.01. The lowest BCUT2D eigenvalue weighted by Crippen LogP contribution is -2.28. The summed E-state index contributed by atoms with van der Waals surface area (Å²) in [5, 5.41) is 3.58. The van der Waals surface area contributed by atoms with Gasteiger partial charge in [0.15, 0.2) is 0 Å². The van der Waals surface area contributed by atoms with Crippen LogP contribution in [0.15, 0.2) is 18.3 Å². The van der Waals surface area contributed by atoms with Crippen LogP contribution in [0.5, 0.6) is 0 Å². The van der Waals surface area contributed by atoms with E-state index in [0.29, 0.717) is 6.04 Å². The first kappa shape index (κ1) is 14.4. The zero-order valence-corrected chi connectivity index (χ0v) is 12.9. The third-order valence-corrected chi connectivity index (χ3v) is 4.36. The lowest BCUT2D eigenvalue weighted by molar-refractivity contribution is 0.328. The van der Waals surface area contributed by atoms with Crippen LogP contribution in [0.25, 0.3) is 0 Å². The summed E-state index contributed by atoms with van der Waals surface area (Å²) in [6.45, 7) is 8.97. The van der Waals surface area contributed by atoms with Crippen LogP contribution in [0.1, 0.15) is 65.4 Å². The average Bonchev–Trinajstić information content (AvgIpc) is 2.39. The molecule has 106 valence electrons. The maximum atomic E-state index is 4.57. The fraction of sp³-hybridized carbons (Fsp3) is 0.706. The van der Waals surface area contributed by atoms with Crippen LogP contribution >= 0.6 is 0 Å². The smallest absolute Gasteiger partial charge is 0.126 e. The SMILES string of the molecule is CC(Nc1ccc(C(C)(C)C)cn1)C1CCCCC1. The summed E-state index contributed by atoms with van der Waals surface area (Å²) in [7, 11) is 0. The molecule has 1 heterocycles. The highest BCUT2D eigenvalue weighted by atomic mass is 15.0. The van der Waals surface area contributed by atoms with E-state index in [1.165, 1.54) is 37.7 Å². The lowest BCUT2D eigenvalue weighted by Gasteiger charge is -2.28. The van der Waals surface area contributed by atoms with Gasteiger partial charge in [-0.2, -0.15) is 0 Å². The summed E-state index contributed by atoms with van der Waals surface area (Å²) < 4.78 is 0. The number of anilines is 1. The summed E-state index contributed by atoms with van der Waals surface area (Å²) in [5.41, 5.74) is 1.48. The summed E-state index contributed by atoms with van der Waals surface area (Å²) in [5.74, 6) is 1.84. The number of aromatic nitrogens is 1. The molecule has 1 saturated carbocycles. The topological polar surface area (TPSA) is 24.9 Å². The van der Waals surface area contributed by atoms with Gasteiger partial charge >= 0.3 is 0 Å². The average molecular weight is 260 g/mol. The van der Waals surface area contributed by atoms with E-state index >= 15 is 0 Å². The van der Waals surface area contributed by atoms with Crippen molar-refractivity contribution in [1.29, 1.82) is 0 Å². The monoisotopic (exact) mass is 260 g/mol. The molecular weight excluding hydrogens is 232 g/mol. The molecule has 1 N–H and O–H groups in total. The van der Waals surface area contributed by atoms with E-state index in [-0.39, 0.29) is 5.41 Å². The van der Waals surface area contributed by atoms with Gasteiger partial charge in [0.1, 0.15) is 5.82 Å². The highest BCUT2D eigenvalue weighted by molar-refractivity contribution is 5.38. The highest BCUT2D eigenvalue weighted by Gasteiger charge is 2.20. The Morgan fingerprint density at radius 2 is 1.84 bits per heavy atom. The van der Waals surface area contributed by atoms with Gasteiger partial charge in [-0.05, 0) is 42.7 Å². The molecule has 2 nitrogen and oxygen atoms in total. The van der Waals surface area contributed by atoms with Crippen molar-refractivity contribution in [3.8, 4) is 0 Å². The molecule has 2 rings (SSSR count). The van der Waals surface area contributed by atoms with Crippen LogP contribution in [-0.2, 0) is 5.41 Å². The van der Waals surface area contributed by atoms with Gasteiger partial charge in [0.05, 0.1) is 0 Å². The Balaban J connectivity index is 1.95. The number of hydrogen-bond acceptors (Lipinski definition) is 2. The van der Waals surface area contributed by atoms with Crippen molar-refractivity contribution in [2.75, 3.05) is 5.32 Å². The molecule has 0 bridgehead atoms. The van der Waals surface area contributed by atoms with Gasteiger partial charge in [-0.3, -0.25) is 0 Å². The molecule has 0 saturated heterocycles. The van der Waals surface area contributed by atoms with Gasteiger partial charge in [0.25, 0.3) is 0 Å². The largest absolute Gasteiger partial charge is 0.367 e. The van der Waals surface area contributed by atoms with Gasteiger partial charge < -0.3 is 5.32 Å². The Labute approximate surface area is 118 Å². The van der Waals surface area contributed by atoms with Crippen LogP contribution in [0.2, 0.25) is 0 Å². The maximum Gasteiger partial charge on any atom is 0.126 e. The molecule has 1 aromatic rings. The minimum Gasteiger partial charge on any atom is -0.367 e. The Morgan fingerprint density at radius 1 is 1.16 bits per heavy atom. The van der Waals surface area contributed by atoms with Crippen molar-refractivity contribution in [1.82, 2.24) is 4.98 Å². The summed E-state index contributed by atoms with van der Waals surface area (Å²) in [6, 6.07) is 4.86. The molecule has 1 unspecified atom stereocenters. The minimum atomic E-state index is 0.181. The van der Waals surface area contributed by atoms with Gasteiger partial charge in [0, 0.05) is 12.2 Å². The molecule has 0 aromatic carbocycles. The molecule has 0 aliphatic heterocycles. The van der Waals surface area contributed by atoms with E-state index in [1.807, 2.05) is 6.20 Å². The Kier molecular flexibility index (Phi) is 4.49. The first-order chi connectivity index (χ1) is 8.97. The fourth-order valence-corrected chi connectivity index (χ4v) is 2.91. The van der Waals surface area contributed by atoms with Gasteiger partial charge in [-0.15, -0.1) is 0 Å². The van der Waals surface area contributed by atoms with Crippen LogP contribution in [-0.4, -0.2) is 11.0 Å². The van der Waals surface area contributed by atoms with E-state index in [4.69, 9.17) is 0 Å². The van der Waals surface area contributed by atoms with Crippen LogP contribution < -0.4 is 5.32 Å². The predicted octanol–water partition coefficient (Wildman–Crippen LogP) is 4.76. The van der Waals surface area contributed by atoms with E-state index in [2.05, 4.69) is 50.1 Å². The summed E-state index contributed by atoms with van der Waals surface area (Å²) in [4.78, 5) is 4.57. The van der Waals surface area contributed by atoms with Crippen molar-refractivity contribution < 1.29 is 0 Å². The molecule has 2 heteroatoms. The lowest BCUT2D eigenvalue weighted by atomic mass is 9.84. The fourth-order valence-electron chi connectivity index (χ4n) is 2.91. The predicted molar refractivity (Wildman–Crippen MR) is 82.6 cm³/mol. The van der Waals surface area contributed by atoms with Gasteiger partial charge in [-0.1, -0.05) is 46.1 Å². The summed E-state index contributed by atoms with van der Waals surface area (Å²) >= 11 is 0. The molecule has 1 aliphatic rings. The quantitative estimate of drug-likeness (QED) is 0.847. The van der Waals surface area contributed by atoms with Gasteiger partial charge in [-0.25, -0.2) is 4.98 Å². The number of nitrogens with one attached hydrogen (secondary N) is 1. The molecule has 0 amide bonds. The Morgan fingerprint density at radius 3 is 2.37 bits per heavy atom. The zero-order valence-electron chi connectivity index (χ0n) is 12.9. The Bertz CT molecular complexity index is 383. The van der Waals surface area contributed by atoms with Crippen molar-refractivity contribution >= 4 is 5.82 Å². The maximum absolute atomic E-state index is 4.57. The molecule has 0 spiro atoms. The normalized spacial score (nSPS) is 19.2. The first-order valence-electron chi connectivity index (χ1n) is 7.70. The van der Waals surface area contributed by atoms with E-state index in [1.54, 1.807) is 0 Å². The standard InChI is InChI=1S/C17H28N2/c1-13(14-8-6-5-7-9-14)19-16-11-10-15(12-18-16)17(2,3)4/h10-14H,5-9H2,1-4H3,(H,18,19). The van der Waals surface area contributed by atoms with Crippen molar-refractivity contribution in [2.24, 2.45) is 5.92 Å². The van der Waals surface area contributed by atoms with E-state index in [0.717, 1.165) is 11.7 Å². The van der Waals surface area contributed by atoms with Crippen LogP contribution in [0.4, 0.5) is 5.82 Å². The molecule has 0 radical (unpaired) electrons. The Hall–Kier alpha value is -1.05. The van der Waals surface area contributed by atoms with Crippen LogP contribution in [0, 0.1) is 5.92 Å².